The number of benzene rings is 2. The van der Waals surface area contributed by atoms with E-state index in [0.717, 1.165) is 6.07 Å². The second kappa shape index (κ2) is 5.24. The van der Waals surface area contributed by atoms with E-state index in [0.29, 0.717) is 0 Å². The number of aromatic carboxylic acids is 1. The van der Waals surface area contributed by atoms with Crippen molar-refractivity contribution in [3.63, 3.8) is 0 Å². The van der Waals surface area contributed by atoms with Gasteiger partial charge in [-0.1, -0.05) is 23.7 Å². The molecule has 2 aromatic carbocycles. The fourth-order valence-electron chi connectivity index (χ4n) is 1.48. The summed E-state index contributed by atoms with van der Waals surface area (Å²) < 4.78 is 32.1. The molecule has 19 heavy (non-hydrogen) atoms. The molecule has 0 amide bonds. The zero-order chi connectivity index (χ0) is 14.0. The van der Waals surface area contributed by atoms with Crippen LogP contribution in [0.2, 0.25) is 5.02 Å². The minimum absolute atomic E-state index is 0.175. The maximum atomic E-state index is 13.6. The van der Waals surface area contributed by atoms with Crippen LogP contribution in [-0.2, 0) is 0 Å². The van der Waals surface area contributed by atoms with E-state index >= 15 is 0 Å². The van der Waals surface area contributed by atoms with Crippen LogP contribution in [0.1, 0.15) is 10.4 Å². The minimum Gasteiger partial charge on any atom is -0.477 e. The lowest BCUT2D eigenvalue weighted by Crippen LogP contribution is -2.04. The molecular formula is C13H7ClF2O3. The molecule has 0 saturated carbocycles. The lowest BCUT2D eigenvalue weighted by Gasteiger charge is -2.10. The van der Waals surface area contributed by atoms with Gasteiger partial charge in [0.05, 0.1) is 5.02 Å². The van der Waals surface area contributed by atoms with Crippen LogP contribution in [0.4, 0.5) is 8.78 Å². The zero-order valence-electron chi connectivity index (χ0n) is 9.36. The number of carboxylic acids is 1. The van der Waals surface area contributed by atoms with Gasteiger partial charge in [0, 0.05) is 0 Å². The zero-order valence-corrected chi connectivity index (χ0v) is 10.1. The first-order valence-corrected chi connectivity index (χ1v) is 5.52. The van der Waals surface area contributed by atoms with Crippen molar-refractivity contribution in [3.05, 3.63) is 58.6 Å². The number of carbonyl (C=O) groups is 1. The van der Waals surface area contributed by atoms with Gasteiger partial charge in [-0.25, -0.2) is 13.6 Å². The summed E-state index contributed by atoms with van der Waals surface area (Å²) in [5.74, 6) is -3.89. The first-order valence-electron chi connectivity index (χ1n) is 5.14. The van der Waals surface area contributed by atoms with Crippen molar-refractivity contribution in [1.82, 2.24) is 0 Å². The number of hydrogen-bond acceptors (Lipinski definition) is 2. The van der Waals surface area contributed by atoms with E-state index in [1.165, 1.54) is 30.3 Å². The Morgan fingerprint density at radius 2 is 1.74 bits per heavy atom. The van der Waals surface area contributed by atoms with E-state index in [-0.39, 0.29) is 16.5 Å². The molecule has 98 valence electrons. The second-order valence-corrected chi connectivity index (χ2v) is 3.98. The van der Waals surface area contributed by atoms with Gasteiger partial charge < -0.3 is 9.84 Å². The highest BCUT2D eigenvalue weighted by atomic mass is 35.5. The summed E-state index contributed by atoms with van der Waals surface area (Å²) in [6.45, 7) is 0. The summed E-state index contributed by atoms with van der Waals surface area (Å²) in [7, 11) is 0. The third-order valence-corrected chi connectivity index (χ3v) is 2.62. The molecule has 0 unspecified atom stereocenters. The molecule has 2 aromatic rings. The molecule has 6 heteroatoms. The van der Waals surface area contributed by atoms with Crippen molar-refractivity contribution in [1.29, 1.82) is 0 Å². The highest BCUT2D eigenvalue weighted by Gasteiger charge is 2.19. The number of halogens is 3. The molecule has 0 saturated heterocycles. The van der Waals surface area contributed by atoms with E-state index in [4.69, 9.17) is 21.4 Å². The first-order chi connectivity index (χ1) is 9.00. The van der Waals surface area contributed by atoms with E-state index in [2.05, 4.69) is 0 Å². The summed E-state index contributed by atoms with van der Waals surface area (Å²) in [6, 6.07) is 7.47. The Bertz CT molecular complexity index is 644. The highest BCUT2D eigenvalue weighted by Crippen LogP contribution is 2.31. The summed E-state index contributed by atoms with van der Waals surface area (Å²) in [6.07, 6.45) is 0. The van der Waals surface area contributed by atoms with E-state index < -0.39 is 23.2 Å². The van der Waals surface area contributed by atoms with Gasteiger partial charge in [0.15, 0.2) is 11.6 Å². The van der Waals surface area contributed by atoms with Gasteiger partial charge in [-0.15, -0.1) is 0 Å². The van der Waals surface area contributed by atoms with Gasteiger partial charge in [-0.2, -0.15) is 0 Å². The molecule has 0 aliphatic carbocycles. The predicted octanol–water partition coefficient (Wildman–Crippen LogP) is 4.11. The van der Waals surface area contributed by atoms with Gasteiger partial charge in [-0.05, 0) is 24.3 Å². The van der Waals surface area contributed by atoms with E-state index in [1.807, 2.05) is 0 Å². The molecule has 2 rings (SSSR count). The number of rotatable bonds is 3. The predicted molar refractivity (Wildman–Crippen MR) is 64.8 cm³/mol. The quantitative estimate of drug-likeness (QED) is 0.922. The third kappa shape index (κ3) is 2.66. The van der Waals surface area contributed by atoms with Crippen LogP contribution in [0, 0.1) is 11.6 Å². The summed E-state index contributed by atoms with van der Waals surface area (Å²) in [5.41, 5.74) is -0.665. The Labute approximate surface area is 112 Å². The van der Waals surface area contributed by atoms with Crippen LogP contribution in [-0.4, -0.2) is 11.1 Å². The Kier molecular flexibility index (Phi) is 3.66. The van der Waals surface area contributed by atoms with E-state index in [9.17, 15) is 13.6 Å². The Morgan fingerprint density at radius 1 is 1.11 bits per heavy atom. The van der Waals surface area contributed by atoms with Crippen molar-refractivity contribution < 1.29 is 23.4 Å². The first kappa shape index (κ1) is 13.3. The molecule has 1 N–H and O–H groups in total. The smallest absolute Gasteiger partial charge is 0.342 e. The molecule has 0 aliphatic rings. The summed E-state index contributed by atoms with van der Waals surface area (Å²) in [5, 5.41) is 8.73. The molecule has 0 fully saturated rings. The monoisotopic (exact) mass is 284 g/mol. The lowest BCUT2D eigenvalue weighted by atomic mass is 10.2. The van der Waals surface area contributed by atoms with Crippen molar-refractivity contribution in [2.24, 2.45) is 0 Å². The van der Waals surface area contributed by atoms with E-state index in [1.54, 1.807) is 0 Å². The van der Waals surface area contributed by atoms with Crippen LogP contribution in [0.3, 0.4) is 0 Å². The lowest BCUT2D eigenvalue weighted by molar-refractivity contribution is 0.0689. The van der Waals surface area contributed by atoms with Crippen LogP contribution in [0.25, 0.3) is 0 Å². The second-order valence-electron chi connectivity index (χ2n) is 3.57. The molecule has 3 nitrogen and oxygen atoms in total. The number of ether oxygens (including phenoxy) is 1. The van der Waals surface area contributed by atoms with Crippen molar-refractivity contribution >= 4 is 17.6 Å². The average molecular weight is 285 g/mol. The third-order valence-electron chi connectivity index (χ3n) is 2.33. The fourth-order valence-corrected chi connectivity index (χ4v) is 1.64. The Morgan fingerprint density at radius 3 is 2.42 bits per heavy atom. The number of carboxylic acid groups (broad SMARTS) is 1. The van der Waals surface area contributed by atoms with Crippen molar-refractivity contribution in [2.75, 3.05) is 0 Å². The molecule has 0 heterocycles. The highest BCUT2D eigenvalue weighted by molar-refractivity contribution is 6.30. The largest absolute Gasteiger partial charge is 0.477 e. The standard InChI is InChI=1S/C13H7ClF2O3/c14-7-3-1-6-10(12(7)16)19-9-5-2-4-8(15)11(9)13(17)18/h1-6H,(H,17,18). The van der Waals surface area contributed by atoms with Gasteiger partial charge in [-0.3, -0.25) is 0 Å². The Hall–Kier alpha value is -2.14. The van der Waals surface area contributed by atoms with Crippen LogP contribution >= 0.6 is 11.6 Å². The SMILES string of the molecule is O=C(O)c1c(F)cccc1Oc1cccc(Cl)c1F. The minimum atomic E-state index is -1.50. The molecule has 0 aromatic heterocycles. The summed E-state index contributed by atoms with van der Waals surface area (Å²) in [4.78, 5) is 10.9. The summed E-state index contributed by atoms with van der Waals surface area (Å²) >= 11 is 5.57. The molecule has 0 atom stereocenters. The molecule has 0 aliphatic heterocycles. The Balaban J connectivity index is 2.47. The van der Waals surface area contributed by atoms with Crippen LogP contribution in [0.5, 0.6) is 11.5 Å². The normalized spacial score (nSPS) is 10.3. The number of hydrogen-bond donors (Lipinski definition) is 1. The van der Waals surface area contributed by atoms with Gasteiger partial charge in [0.25, 0.3) is 0 Å². The maximum Gasteiger partial charge on any atom is 0.342 e. The maximum absolute atomic E-state index is 13.6. The average Bonchev–Trinajstić information content (AvgIpc) is 2.34. The molecule has 0 radical (unpaired) electrons. The van der Waals surface area contributed by atoms with Gasteiger partial charge in [0.2, 0.25) is 0 Å². The van der Waals surface area contributed by atoms with Crippen LogP contribution < -0.4 is 4.74 Å². The van der Waals surface area contributed by atoms with Crippen LogP contribution in [0.15, 0.2) is 36.4 Å². The fraction of sp³-hybridized carbons (Fsp3) is 0. The molecule has 0 spiro atoms. The molecular weight excluding hydrogens is 278 g/mol. The topological polar surface area (TPSA) is 46.5 Å². The van der Waals surface area contributed by atoms with Gasteiger partial charge in [0.1, 0.15) is 17.1 Å². The van der Waals surface area contributed by atoms with Crippen molar-refractivity contribution in [3.8, 4) is 11.5 Å². The molecule has 0 bridgehead atoms. The van der Waals surface area contributed by atoms with Crippen molar-refractivity contribution in [2.45, 2.75) is 0 Å². The van der Waals surface area contributed by atoms with Gasteiger partial charge >= 0.3 is 5.97 Å².